The molecular formula is C20H23NO2. The predicted octanol–water partition coefficient (Wildman–Crippen LogP) is 4.22. The highest BCUT2D eigenvalue weighted by atomic mass is 16.5. The maximum Gasteiger partial charge on any atom is 0.261 e. The average molecular weight is 309 g/mol. The van der Waals surface area contributed by atoms with Gasteiger partial charge in [0.05, 0.1) is 0 Å². The number of amides is 1. The van der Waals surface area contributed by atoms with E-state index in [0.717, 1.165) is 24.0 Å². The molecule has 0 bridgehead atoms. The molecule has 1 aliphatic carbocycles. The van der Waals surface area contributed by atoms with Gasteiger partial charge in [-0.25, -0.2) is 0 Å². The third-order valence-corrected chi connectivity index (χ3v) is 4.28. The van der Waals surface area contributed by atoms with Crippen molar-refractivity contribution in [3.05, 3.63) is 54.1 Å². The Morgan fingerprint density at radius 2 is 2.00 bits per heavy atom. The van der Waals surface area contributed by atoms with Crippen LogP contribution < -0.4 is 10.1 Å². The summed E-state index contributed by atoms with van der Waals surface area (Å²) in [5.41, 5.74) is 1.34. The average Bonchev–Trinajstić information content (AvgIpc) is 2.60. The summed E-state index contributed by atoms with van der Waals surface area (Å²) in [5, 5.41) is 5.26. The first-order valence-electron chi connectivity index (χ1n) is 8.33. The Morgan fingerprint density at radius 3 is 2.78 bits per heavy atom. The van der Waals surface area contributed by atoms with Gasteiger partial charge in [0.15, 0.2) is 6.10 Å². The van der Waals surface area contributed by atoms with Crippen molar-refractivity contribution in [3.63, 3.8) is 0 Å². The summed E-state index contributed by atoms with van der Waals surface area (Å²) in [4.78, 5) is 12.2. The maximum absolute atomic E-state index is 12.2. The molecule has 23 heavy (non-hydrogen) atoms. The number of hydrogen-bond acceptors (Lipinski definition) is 2. The van der Waals surface area contributed by atoms with Crippen LogP contribution in [0.15, 0.2) is 54.1 Å². The van der Waals surface area contributed by atoms with Crippen LogP contribution in [0.25, 0.3) is 10.8 Å². The molecule has 1 amide bonds. The summed E-state index contributed by atoms with van der Waals surface area (Å²) in [6.07, 6.45) is 6.47. The molecule has 0 fully saturated rings. The van der Waals surface area contributed by atoms with Crippen molar-refractivity contribution in [2.75, 3.05) is 6.54 Å². The van der Waals surface area contributed by atoms with E-state index in [1.165, 1.54) is 23.8 Å². The first kappa shape index (κ1) is 15.6. The Kier molecular flexibility index (Phi) is 4.96. The zero-order valence-corrected chi connectivity index (χ0v) is 13.5. The molecule has 0 radical (unpaired) electrons. The van der Waals surface area contributed by atoms with Gasteiger partial charge in [-0.3, -0.25) is 4.79 Å². The van der Waals surface area contributed by atoms with Crippen molar-refractivity contribution in [1.29, 1.82) is 0 Å². The topological polar surface area (TPSA) is 38.3 Å². The van der Waals surface area contributed by atoms with Crippen molar-refractivity contribution in [2.45, 2.75) is 38.7 Å². The van der Waals surface area contributed by atoms with Crippen LogP contribution in [0.4, 0.5) is 0 Å². The third-order valence-electron chi connectivity index (χ3n) is 4.28. The quantitative estimate of drug-likeness (QED) is 0.840. The van der Waals surface area contributed by atoms with Crippen molar-refractivity contribution >= 4 is 16.7 Å². The molecule has 0 aromatic heterocycles. The summed E-state index contributed by atoms with van der Waals surface area (Å²) in [6, 6.07) is 14.0. The molecule has 3 rings (SSSR count). The Balaban J connectivity index is 1.57. The summed E-state index contributed by atoms with van der Waals surface area (Å²) < 4.78 is 5.79. The monoisotopic (exact) mass is 309 g/mol. The molecule has 0 aliphatic heterocycles. The smallest absolute Gasteiger partial charge is 0.261 e. The lowest BCUT2D eigenvalue weighted by Crippen LogP contribution is -2.37. The molecule has 2 aromatic rings. The highest BCUT2D eigenvalue weighted by molar-refractivity contribution is 5.84. The van der Waals surface area contributed by atoms with Gasteiger partial charge in [0.1, 0.15) is 5.75 Å². The highest BCUT2D eigenvalue weighted by Gasteiger charge is 2.15. The molecule has 0 heterocycles. The SMILES string of the molecule is C[C@@H](Oc1ccc2ccccc2c1)C(=O)NCC1=CCCCC1. The molecule has 1 N–H and O–H groups in total. The molecule has 1 atom stereocenters. The second-order valence-corrected chi connectivity index (χ2v) is 6.09. The molecule has 3 nitrogen and oxygen atoms in total. The van der Waals surface area contributed by atoms with Gasteiger partial charge in [-0.05, 0) is 55.5 Å². The maximum atomic E-state index is 12.2. The number of rotatable bonds is 5. The molecule has 1 aliphatic rings. The Bertz CT molecular complexity index is 720. The van der Waals surface area contributed by atoms with Gasteiger partial charge in [-0.1, -0.05) is 42.0 Å². The molecule has 0 spiro atoms. The number of carbonyl (C=O) groups is 1. The van der Waals surface area contributed by atoms with Crippen molar-refractivity contribution < 1.29 is 9.53 Å². The minimum absolute atomic E-state index is 0.0652. The second-order valence-electron chi connectivity index (χ2n) is 6.09. The summed E-state index contributed by atoms with van der Waals surface area (Å²) in [6.45, 7) is 2.43. The Labute approximate surface area is 137 Å². The van der Waals surface area contributed by atoms with E-state index in [-0.39, 0.29) is 5.91 Å². The van der Waals surface area contributed by atoms with Gasteiger partial charge in [0.25, 0.3) is 5.91 Å². The molecule has 0 saturated carbocycles. The fourth-order valence-electron chi connectivity index (χ4n) is 2.91. The van der Waals surface area contributed by atoms with E-state index in [4.69, 9.17) is 4.74 Å². The van der Waals surface area contributed by atoms with Crippen LogP contribution in [0.5, 0.6) is 5.75 Å². The Morgan fingerprint density at radius 1 is 1.17 bits per heavy atom. The fraction of sp³-hybridized carbons (Fsp3) is 0.350. The van der Waals surface area contributed by atoms with Crippen molar-refractivity contribution in [2.24, 2.45) is 0 Å². The number of fused-ring (bicyclic) bond motifs is 1. The van der Waals surface area contributed by atoms with Gasteiger partial charge in [-0.15, -0.1) is 0 Å². The number of nitrogens with one attached hydrogen (secondary N) is 1. The van der Waals surface area contributed by atoms with E-state index in [0.29, 0.717) is 6.54 Å². The zero-order valence-electron chi connectivity index (χ0n) is 13.5. The van der Waals surface area contributed by atoms with E-state index in [9.17, 15) is 4.79 Å². The minimum atomic E-state index is -0.500. The van der Waals surface area contributed by atoms with Crippen LogP contribution in [-0.4, -0.2) is 18.6 Å². The van der Waals surface area contributed by atoms with E-state index in [2.05, 4.69) is 17.5 Å². The van der Waals surface area contributed by atoms with Gasteiger partial charge >= 0.3 is 0 Å². The van der Waals surface area contributed by atoms with Gasteiger partial charge in [0, 0.05) is 6.54 Å². The number of benzene rings is 2. The van der Waals surface area contributed by atoms with Crippen molar-refractivity contribution in [3.8, 4) is 5.75 Å². The Hall–Kier alpha value is -2.29. The number of allylic oxidation sites excluding steroid dienone is 1. The van der Waals surface area contributed by atoms with Crippen LogP contribution in [0.2, 0.25) is 0 Å². The lowest BCUT2D eigenvalue weighted by atomic mass is 10.00. The number of carbonyl (C=O) groups excluding carboxylic acids is 1. The van der Waals surface area contributed by atoms with Crippen molar-refractivity contribution in [1.82, 2.24) is 5.32 Å². The van der Waals surface area contributed by atoms with Crippen LogP contribution in [-0.2, 0) is 4.79 Å². The largest absolute Gasteiger partial charge is 0.481 e. The summed E-state index contributed by atoms with van der Waals surface area (Å²) in [5.74, 6) is 0.660. The number of ether oxygens (including phenoxy) is 1. The van der Waals surface area contributed by atoms with Crippen LogP contribution in [0, 0.1) is 0 Å². The summed E-state index contributed by atoms with van der Waals surface area (Å²) in [7, 11) is 0. The predicted molar refractivity (Wildman–Crippen MR) is 93.6 cm³/mol. The first-order chi connectivity index (χ1) is 11.2. The van der Waals surface area contributed by atoms with Crippen LogP contribution in [0.1, 0.15) is 32.6 Å². The molecule has 2 aromatic carbocycles. The third kappa shape index (κ3) is 4.13. The van der Waals surface area contributed by atoms with E-state index in [1.807, 2.05) is 36.4 Å². The first-order valence-corrected chi connectivity index (χ1v) is 8.33. The highest BCUT2D eigenvalue weighted by Crippen LogP contribution is 2.21. The standard InChI is InChI=1S/C20H23NO2/c1-15(20(22)21-14-16-7-3-2-4-8-16)23-19-12-11-17-9-5-6-10-18(17)13-19/h5-7,9-13,15H,2-4,8,14H2,1H3,(H,21,22)/t15-/m1/s1. The molecule has 3 heteroatoms. The lowest BCUT2D eigenvalue weighted by Gasteiger charge is -2.17. The van der Waals surface area contributed by atoms with Crippen LogP contribution >= 0.6 is 0 Å². The van der Waals surface area contributed by atoms with E-state index >= 15 is 0 Å². The zero-order chi connectivity index (χ0) is 16.1. The van der Waals surface area contributed by atoms with E-state index in [1.54, 1.807) is 6.92 Å². The van der Waals surface area contributed by atoms with E-state index < -0.39 is 6.10 Å². The lowest BCUT2D eigenvalue weighted by molar-refractivity contribution is -0.127. The molecule has 0 unspecified atom stereocenters. The molecular weight excluding hydrogens is 286 g/mol. The van der Waals surface area contributed by atoms with Gasteiger partial charge < -0.3 is 10.1 Å². The minimum Gasteiger partial charge on any atom is -0.481 e. The normalized spacial score (nSPS) is 15.8. The van der Waals surface area contributed by atoms with Gasteiger partial charge in [0.2, 0.25) is 0 Å². The van der Waals surface area contributed by atoms with Gasteiger partial charge in [-0.2, -0.15) is 0 Å². The van der Waals surface area contributed by atoms with Crippen LogP contribution in [0.3, 0.4) is 0 Å². The number of hydrogen-bond donors (Lipinski definition) is 1. The summed E-state index contributed by atoms with van der Waals surface area (Å²) >= 11 is 0. The molecule has 120 valence electrons. The fourth-order valence-corrected chi connectivity index (χ4v) is 2.91. The molecule has 0 saturated heterocycles. The second kappa shape index (κ2) is 7.32.